The highest BCUT2D eigenvalue weighted by Crippen LogP contribution is 2.37. The van der Waals surface area contributed by atoms with E-state index in [4.69, 9.17) is 4.98 Å². The van der Waals surface area contributed by atoms with Crippen LogP contribution in [0, 0.1) is 0 Å². The van der Waals surface area contributed by atoms with Crippen LogP contribution in [0.25, 0.3) is 27.8 Å². The number of para-hydroxylation sites is 1. The van der Waals surface area contributed by atoms with Gasteiger partial charge in [0.25, 0.3) is 0 Å². The Morgan fingerprint density at radius 1 is 0.781 bits per heavy atom. The number of rotatable bonds is 7. The zero-order valence-electron chi connectivity index (χ0n) is 17.7. The lowest BCUT2D eigenvalue weighted by molar-refractivity contribution is 0.301. The molecule has 0 fully saturated rings. The second-order valence-corrected chi connectivity index (χ2v) is 7.64. The summed E-state index contributed by atoms with van der Waals surface area (Å²) in [5, 5.41) is 10.8. The van der Waals surface area contributed by atoms with Crippen molar-refractivity contribution in [2.24, 2.45) is 0 Å². The molecule has 0 aliphatic heterocycles. The lowest BCUT2D eigenvalue weighted by atomic mass is 10.1. The van der Waals surface area contributed by atoms with Crippen LogP contribution < -0.4 is 4.90 Å². The van der Waals surface area contributed by atoms with Gasteiger partial charge in [0.15, 0.2) is 5.65 Å². The second kappa shape index (κ2) is 9.04. The van der Waals surface area contributed by atoms with E-state index in [1.165, 1.54) is 0 Å². The number of hydrogen-bond donors (Lipinski definition) is 1. The molecule has 0 bridgehead atoms. The second-order valence-electron chi connectivity index (χ2n) is 7.64. The van der Waals surface area contributed by atoms with Crippen LogP contribution in [0.4, 0.5) is 5.82 Å². The number of anilines is 1. The van der Waals surface area contributed by atoms with Gasteiger partial charge in [-0.2, -0.15) is 0 Å². The zero-order chi connectivity index (χ0) is 21.8. The molecule has 0 unspecified atom stereocenters. The number of benzene rings is 3. The van der Waals surface area contributed by atoms with E-state index < -0.39 is 0 Å². The Morgan fingerprint density at radius 2 is 1.44 bits per heavy atom. The van der Waals surface area contributed by atoms with Gasteiger partial charge in [0.05, 0.1) is 12.0 Å². The van der Waals surface area contributed by atoms with E-state index in [2.05, 4.69) is 57.0 Å². The van der Waals surface area contributed by atoms with Gasteiger partial charge >= 0.3 is 0 Å². The number of hydrogen-bond acceptors (Lipinski definition) is 4. The highest BCUT2D eigenvalue weighted by atomic mass is 16.3. The Hall–Kier alpha value is -3.96. The van der Waals surface area contributed by atoms with Crippen molar-refractivity contribution in [2.45, 2.75) is 6.54 Å². The van der Waals surface area contributed by atoms with Crippen LogP contribution in [-0.4, -0.2) is 32.8 Å². The van der Waals surface area contributed by atoms with Crippen molar-refractivity contribution in [1.29, 1.82) is 0 Å². The highest BCUT2D eigenvalue weighted by molar-refractivity contribution is 6.02. The van der Waals surface area contributed by atoms with Crippen molar-refractivity contribution in [3.8, 4) is 16.8 Å². The highest BCUT2D eigenvalue weighted by Gasteiger charge is 2.21. The molecule has 0 aliphatic rings. The third-order valence-corrected chi connectivity index (χ3v) is 5.57. The fourth-order valence-electron chi connectivity index (χ4n) is 4.09. The van der Waals surface area contributed by atoms with Crippen molar-refractivity contribution < 1.29 is 5.11 Å². The Labute approximate surface area is 187 Å². The number of aromatic nitrogens is 3. The predicted molar refractivity (Wildman–Crippen MR) is 129 cm³/mol. The minimum atomic E-state index is 0.0401. The molecule has 0 amide bonds. The van der Waals surface area contributed by atoms with Gasteiger partial charge in [-0.1, -0.05) is 78.9 Å². The summed E-state index contributed by atoms with van der Waals surface area (Å²) >= 11 is 0. The molecule has 2 aromatic heterocycles. The lowest BCUT2D eigenvalue weighted by Crippen LogP contribution is -2.27. The molecule has 0 saturated carbocycles. The van der Waals surface area contributed by atoms with Crippen LogP contribution in [0.15, 0.2) is 104 Å². The van der Waals surface area contributed by atoms with E-state index in [-0.39, 0.29) is 6.61 Å². The molecule has 3 aromatic carbocycles. The Bertz CT molecular complexity index is 1300. The van der Waals surface area contributed by atoms with Gasteiger partial charge in [-0.15, -0.1) is 0 Å². The fraction of sp³-hybridized carbons (Fsp3) is 0.111. The van der Waals surface area contributed by atoms with E-state index in [1.807, 2.05) is 54.6 Å². The molecule has 5 heteroatoms. The summed E-state index contributed by atoms with van der Waals surface area (Å²) in [6.45, 7) is 1.17. The van der Waals surface area contributed by atoms with Gasteiger partial charge in [-0.25, -0.2) is 9.97 Å². The van der Waals surface area contributed by atoms with Crippen LogP contribution in [-0.2, 0) is 6.54 Å². The summed E-state index contributed by atoms with van der Waals surface area (Å²) in [5.41, 5.74) is 5.22. The first kappa shape index (κ1) is 20.0. The average molecular weight is 421 g/mol. The first-order valence-electron chi connectivity index (χ1n) is 10.7. The van der Waals surface area contributed by atoms with E-state index in [1.54, 1.807) is 6.33 Å². The van der Waals surface area contributed by atoms with Crippen molar-refractivity contribution in [1.82, 2.24) is 14.5 Å². The molecule has 5 rings (SSSR count). The molecule has 0 radical (unpaired) electrons. The summed E-state index contributed by atoms with van der Waals surface area (Å²) in [6, 6.07) is 30.8. The van der Waals surface area contributed by atoms with Crippen LogP contribution in [0.1, 0.15) is 5.56 Å². The molecule has 0 atom stereocenters. The number of aliphatic hydroxyl groups excluding tert-OH is 1. The molecule has 5 nitrogen and oxygen atoms in total. The molecule has 0 saturated heterocycles. The fourth-order valence-corrected chi connectivity index (χ4v) is 4.09. The Morgan fingerprint density at radius 3 is 2.12 bits per heavy atom. The minimum absolute atomic E-state index is 0.0401. The number of fused-ring (bicyclic) bond motifs is 1. The monoisotopic (exact) mass is 420 g/mol. The molecule has 0 spiro atoms. The molecule has 2 heterocycles. The third-order valence-electron chi connectivity index (χ3n) is 5.57. The van der Waals surface area contributed by atoms with Crippen molar-refractivity contribution in [2.75, 3.05) is 18.1 Å². The first-order valence-corrected chi connectivity index (χ1v) is 10.7. The molecular formula is C27H24N4O. The molecule has 1 N–H and O–H groups in total. The number of nitrogens with zero attached hydrogens (tertiary/aromatic N) is 4. The van der Waals surface area contributed by atoms with E-state index in [9.17, 15) is 5.11 Å². The molecule has 32 heavy (non-hydrogen) atoms. The Kier molecular flexibility index (Phi) is 5.64. The summed E-state index contributed by atoms with van der Waals surface area (Å²) in [7, 11) is 0. The maximum Gasteiger partial charge on any atom is 0.150 e. The minimum Gasteiger partial charge on any atom is -0.395 e. The largest absolute Gasteiger partial charge is 0.395 e. The topological polar surface area (TPSA) is 54.2 Å². The standard InChI is InChI=1S/C27H24N4O/c32-17-16-30(18-21-10-4-1-5-11-21)26-25-24(22-12-6-2-7-13-22)19-31(27(25)29-20-28-26)23-14-8-3-9-15-23/h1-15,19-20,32H,16-18H2. The van der Waals surface area contributed by atoms with Crippen molar-refractivity contribution in [3.63, 3.8) is 0 Å². The summed E-state index contributed by atoms with van der Waals surface area (Å²) in [5.74, 6) is 0.821. The van der Waals surface area contributed by atoms with Crippen molar-refractivity contribution >= 4 is 16.9 Å². The first-order chi connectivity index (χ1) is 15.8. The van der Waals surface area contributed by atoms with Crippen LogP contribution >= 0.6 is 0 Å². The number of aliphatic hydroxyl groups is 1. The predicted octanol–water partition coefficient (Wildman–Crippen LogP) is 5.09. The summed E-state index contributed by atoms with van der Waals surface area (Å²) in [6.07, 6.45) is 3.74. The molecule has 158 valence electrons. The normalized spacial score (nSPS) is 11.0. The molecule has 5 aromatic rings. The van der Waals surface area contributed by atoms with E-state index in [0.29, 0.717) is 13.1 Å². The van der Waals surface area contributed by atoms with Gasteiger partial charge in [0, 0.05) is 30.5 Å². The third kappa shape index (κ3) is 3.86. The van der Waals surface area contributed by atoms with Crippen LogP contribution in [0.3, 0.4) is 0 Å². The molecule has 0 aliphatic carbocycles. The van der Waals surface area contributed by atoms with Crippen molar-refractivity contribution in [3.05, 3.63) is 109 Å². The van der Waals surface area contributed by atoms with Gasteiger partial charge in [-0.05, 0) is 23.3 Å². The van der Waals surface area contributed by atoms with E-state index >= 15 is 0 Å². The molecular weight excluding hydrogens is 396 g/mol. The lowest BCUT2D eigenvalue weighted by Gasteiger charge is -2.24. The van der Waals surface area contributed by atoms with Gasteiger partial charge in [-0.3, -0.25) is 0 Å². The van der Waals surface area contributed by atoms with Gasteiger partial charge < -0.3 is 14.6 Å². The summed E-state index contributed by atoms with van der Waals surface area (Å²) in [4.78, 5) is 11.5. The Balaban J connectivity index is 1.73. The average Bonchev–Trinajstić information content (AvgIpc) is 3.26. The quantitative estimate of drug-likeness (QED) is 0.399. The van der Waals surface area contributed by atoms with Crippen LogP contribution in [0.5, 0.6) is 0 Å². The van der Waals surface area contributed by atoms with Gasteiger partial charge in [0.2, 0.25) is 0 Å². The smallest absolute Gasteiger partial charge is 0.150 e. The maximum atomic E-state index is 9.83. The maximum absolute atomic E-state index is 9.83. The summed E-state index contributed by atoms with van der Waals surface area (Å²) < 4.78 is 2.11. The zero-order valence-corrected chi connectivity index (χ0v) is 17.7. The van der Waals surface area contributed by atoms with Crippen LogP contribution in [0.2, 0.25) is 0 Å². The van der Waals surface area contributed by atoms with Gasteiger partial charge in [0.1, 0.15) is 12.1 Å². The SMILES string of the molecule is OCCN(Cc1ccccc1)c1ncnc2c1c(-c1ccccc1)cn2-c1ccccc1. The van der Waals surface area contributed by atoms with E-state index in [0.717, 1.165) is 39.2 Å².